The Morgan fingerprint density at radius 2 is 1.75 bits per heavy atom. The molecule has 0 aromatic rings. The Labute approximate surface area is 77.1 Å². The van der Waals surface area contributed by atoms with Gasteiger partial charge in [0.2, 0.25) is 0 Å². The molecule has 1 heteroatoms. The molecule has 0 aliphatic carbocycles. The van der Waals surface area contributed by atoms with E-state index in [9.17, 15) is 0 Å². The van der Waals surface area contributed by atoms with Gasteiger partial charge in [-0.25, -0.2) is 0 Å². The molecule has 1 aliphatic rings. The average molecular weight is 169 g/mol. The minimum Gasteiger partial charge on any atom is -0.300 e. The third-order valence-electron chi connectivity index (χ3n) is 3.66. The van der Waals surface area contributed by atoms with Crippen molar-refractivity contribution in [2.45, 2.75) is 47.1 Å². The maximum absolute atomic E-state index is 2.60. The largest absolute Gasteiger partial charge is 0.300 e. The minimum atomic E-state index is 0.574. The molecule has 0 spiro atoms. The fraction of sp³-hybridized carbons (Fsp3) is 1.00. The Bertz CT molecular complexity index is 151. The van der Waals surface area contributed by atoms with Gasteiger partial charge in [-0.2, -0.15) is 0 Å². The molecule has 0 aromatic heterocycles. The van der Waals surface area contributed by atoms with Crippen LogP contribution in [-0.4, -0.2) is 24.0 Å². The number of hydrogen-bond donors (Lipinski definition) is 0. The molecule has 12 heavy (non-hydrogen) atoms. The summed E-state index contributed by atoms with van der Waals surface area (Å²) in [6, 6.07) is 0.727. The van der Waals surface area contributed by atoms with Crippen LogP contribution in [0.25, 0.3) is 0 Å². The SMILES string of the molecule is CC(C)N1CC[C@@](C)(C(C)C)C1. The lowest BCUT2D eigenvalue weighted by molar-refractivity contribution is 0.190. The zero-order chi connectivity index (χ0) is 9.35. The van der Waals surface area contributed by atoms with Crippen molar-refractivity contribution in [1.82, 2.24) is 4.90 Å². The van der Waals surface area contributed by atoms with Crippen LogP contribution in [0.15, 0.2) is 0 Å². The summed E-state index contributed by atoms with van der Waals surface area (Å²) in [5.41, 5.74) is 0.574. The zero-order valence-electron chi connectivity index (χ0n) is 9.22. The molecule has 72 valence electrons. The van der Waals surface area contributed by atoms with E-state index in [0.29, 0.717) is 5.41 Å². The van der Waals surface area contributed by atoms with Crippen molar-refractivity contribution in [1.29, 1.82) is 0 Å². The van der Waals surface area contributed by atoms with Crippen LogP contribution in [0.4, 0.5) is 0 Å². The van der Waals surface area contributed by atoms with Gasteiger partial charge in [0.25, 0.3) is 0 Å². The molecule has 1 aliphatic heterocycles. The summed E-state index contributed by atoms with van der Waals surface area (Å²) >= 11 is 0. The Hall–Kier alpha value is -0.0400. The number of rotatable bonds is 2. The highest BCUT2D eigenvalue weighted by atomic mass is 15.2. The topological polar surface area (TPSA) is 3.24 Å². The molecule has 0 N–H and O–H groups in total. The normalized spacial score (nSPS) is 32.2. The number of hydrogen-bond acceptors (Lipinski definition) is 1. The van der Waals surface area contributed by atoms with Gasteiger partial charge in [-0.05, 0) is 38.1 Å². The second-order valence-electron chi connectivity index (χ2n) is 5.12. The first-order valence-electron chi connectivity index (χ1n) is 5.20. The number of likely N-dealkylation sites (tertiary alicyclic amines) is 1. The summed E-state index contributed by atoms with van der Waals surface area (Å²) < 4.78 is 0. The highest BCUT2D eigenvalue weighted by Gasteiger charge is 2.36. The second-order valence-corrected chi connectivity index (χ2v) is 5.12. The smallest absolute Gasteiger partial charge is 0.00410 e. The molecule has 1 heterocycles. The second kappa shape index (κ2) is 3.37. The molecule has 0 saturated carbocycles. The lowest BCUT2D eigenvalue weighted by Crippen LogP contribution is -2.32. The number of nitrogens with zero attached hydrogens (tertiary/aromatic N) is 1. The Kier molecular flexibility index (Phi) is 2.82. The van der Waals surface area contributed by atoms with Gasteiger partial charge in [0.05, 0.1) is 0 Å². The predicted molar refractivity (Wildman–Crippen MR) is 54.3 cm³/mol. The highest BCUT2D eigenvalue weighted by molar-refractivity contribution is 4.89. The zero-order valence-corrected chi connectivity index (χ0v) is 9.22. The van der Waals surface area contributed by atoms with E-state index in [2.05, 4.69) is 39.5 Å². The van der Waals surface area contributed by atoms with Gasteiger partial charge < -0.3 is 4.90 Å². The quantitative estimate of drug-likeness (QED) is 0.614. The van der Waals surface area contributed by atoms with Crippen molar-refractivity contribution in [3.8, 4) is 0 Å². The van der Waals surface area contributed by atoms with Gasteiger partial charge in [0, 0.05) is 12.6 Å². The van der Waals surface area contributed by atoms with E-state index in [4.69, 9.17) is 0 Å². The third-order valence-corrected chi connectivity index (χ3v) is 3.66. The molecule has 0 unspecified atom stereocenters. The fourth-order valence-corrected chi connectivity index (χ4v) is 1.93. The summed E-state index contributed by atoms with van der Waals surface area (Å²) in [6.45, 7) is 14.3. The first-order chi connectivity index (χ1) is 5.46. The monoisotopic (exact) mass is 169 g/mol. The van der Waals surface area contributed by atoms with Crippen LogP contribution >= 0.6 is 0 Å². The van der Waals surface area contributed by atoms with Crippen molar-refractivity contribution in [3.63, 3.8) is 0 Å². The summed E-state index contributed by atoms with van der Waals surface area (Å²) in [4.78, 5) is 2.60. The standard InChI is InChI=1S/C11H23N/c1-9(2)11(5)6-7-12(8-11)10(3)4/h9-10H,6-8H2,1-5H3/t11-/m1/s1. The highest BCUT2D eigenvalue weighted by Crippen LogP contribution is 2.37. The van der Waals surface area contributed by atoms with Gasteiger partial charge >= 0.3 is 0 Å². The molecular weight excluding hydrogens is 146 g/mol. The van der Waals surface area contributed by atoms with Crippen molar-refractivity contribution in [2.75, 3.05) is 13.1 Å². The minimum absolute atomic E-state index is 0.574. The van der Waals surface area contributed by atoms with E-state index < -0.39 is 0 Å². The van der Waals surface area contributed by atoms with Gasteiger partial charge in [0.1, 0.15) is 0 Å². The lowest BCUT2D eigenvalue weighted by Gasteiger charge is -2.30. The van der Waals surface area contributed by atoms with E-state index in [1.54, 1.807) is 0 Å². The van der Waals surface area contributed by atoms with Crippen LogP contribution in [0.5, 0.6) is 0 Å². The van der Waals surface area contributed by atoms with E-state index in [1.807, 2.05) is 0 Å². The maximum Gasteiger partial charge on any atom is 0.00410 e. The maximum atomic E-state index is 2.60. The Morgan fingerprint density at radius 3 is 2.00 bits per heavy atom. The van der Waals surface area contributed by atoms with E-state index in [1.165, 1.54) is 19.5 Å². The summed E-state index contributed by atoms with van der Waals surface area (Å²) in [5.74, 6) is 0.821. The van der Waals surface area contributed by atoms with Crippen LogP contribution < -0.4 is 0 Å². The van der Waals surface area contributed by atoms with Crippen LogP contribution in [0.1, 0.15) is 41.0 Å². The molecule has 1 atom stereocenters. The molecule has 1 rings (SSSR count). The molecule has 0 amide bonds. The summed E-state index contributed by atoms with van der Waals surface area (Å²) in [7, 11) is 0. The van der Waals surface area contributed by atoms with Crippen molar-refractivity contribution in [2.24, 2.45) is 11.3 Å². The molecule has 0 aromatic carbocycles. The van der Waals surface area contributed by atoms with Gasteiger partial charge in [0.15, 0.2) is 0 Å². The van der Waals surface area contributed by atoms with Gasteiger partial charge in [-0.1, -0.05) is 20.8 Å². The molecule has 1 nitrogen and oxygen atoms in total. The predicted octanol–water partition coefficient (Wildman–Crippen LogP) is 2.76. The first-order valence-corrected chi connectivity index (χ1v) is 5.20. The van der Waals surface area contributed by atoms with E-state index in [-0.39, 0.29) is 0 Å². The Balaban J connectivity index is 2.55. The third kappa shape index (κ3) is 1.82. The van der Waals surface area contributed by atoms with Crippen LogP contribution in [-0.2, 0) is 0 Å². The molecular formula is C11H23N. The van der Waals surface area contributed by atoms with Gasteiger partial charge in [-0.15, -0.1) is 0 Å². The van der Waals surface area contributed by atoms with E-state index >= 15 is 0 Å². The Morgan fingerprint density at radius 1 is 1.17 bits per heavy atom. The van der Waals surface area contributed by atoms with E-state index in [0.717, 1.165) is 12.0 Å². The van der Waals surface area contributed by atoms with Gasteiger partial charge in [-0.3, -0.25) is 0 Å². The van der Waals surface area contributed by atoms with Crippen molar-refractivity contribution in [3.05, 3.63) is 0 Å². The molecule has 1 saturated heterocycles. The lowest BCUT2D eigenvalue weighted by atomic mass is 9.78. The fourth-order valence-electron chi connectivity index (χ4n) is 1.93. The van der Waals surface area contributed by atoms with Crippen molar-refractivity contribution >= 4 is 0 Å². The van der Waals surface area contributed by atoms with Crippen molar-refractivity contribution < 1.29 is 0 Å². The van der Waals surface area contributed by atoms with Crippen LogP contribution in [0, 0.1) is 11.3 Å². The summed E-state index contributed by atoms with van der Waals surface area (Å²) in [6.07, 6.45) is 1.38. The molecule has 0 radical (unpaired) electrons. The first kappa shape index (κ1) is 10.0. The van der Waals surface area contributed by atoms with Crippen LogP contribution in [0.2, 0.25) is 0 Å². The molecule has 0 bridgehead atoms. The average Bonchev–Trinajstić information content (AvgIpc) is 2.33. The van der Waals surface area contributed by atoms with Crippen LogP contribution in [0.3, 0.4) is 0 Å². The molecule has 1 fully saturated rings. The summed E-state index contributed by atoms with van der Waals surface area (Å²) in [5, 5.41) is 0.